The molecule has 0 saturated carbocycles. The molecular weight excluding hydrogens is 282 g/mol. The van der Waals surface area contributed by atoms with Crippen molar-refractivity contribution in [1.29, 1.82) is 0 Å². The topological polar surface area (TPSA) is 46.9 Å². The van der Waals surface area contributed by atoms with Crippen LogP contribution in [0, 0.1) is 0 Å². The molecule has 17 heavy (non-hydrogen) atoms. The van der Waals surface area contributed by atoms with Crippen molar-refractivity contribution >= 4 is 27.5 Å². The lowest BCUT2D eigenvalue weighted by atomic mass is 10.3. The van der Waals surface area contributed by atoms with Crippen LogP contribution in [-0.2, 0) is 6.54 Å². The van der Waals surface area contributed by atoms with Gasteiger partial charge in [0.1, 0.15) is 0 Å². The smallest absolute Gasteiger partial charge is 0.258 e. The van der Waals surface area contributed by atoms with Gasteiger partial charge < -0.3 is 5.32 Å². The van der Waals surface area contributed by atoms with E-state index >= 15 is 0 Å². The number of carbonyl (C=O) groups is 1. The van der Waals surface area contributed by atoms with E-state index in [9.17, 15) is 4.79 Å². The van der Waals surface area contributed by atoms with Crippen molar-refractivity contribution in [3.05, 3.63) is 46.7 Å². The third-order valence-electron chi connectivity index (χ3n) is 2.30. The van der Waals surface area contributed by atoms with Crippen LogP contribution >= 0.6 is 15.9 Å². The van der Waals surface area contributed by atoms with Gasteiger partial charge in [0.15, 0.2) is 0 Å². The SMILES string of the molecule is CCn1cc(C(=O)Nc2cccc(Br)c2)cn1. The Balaban J connectivity index is 2.11. The Labute approximate surface area is 108 Å². The number of hydrogen-bond donors (Lipinski definition) is 1. The average Bonchev–Trinajstić information content (AvgIpc) is 2.77. The average molecular weight is 294 g/mol. The van der Waals surface area contributed by atoms with E-state index in [1.807, 2.05) is 31.2 Å². The summed E-state index contributed by atoms with van der Waals surface area (Å²) in [5.74, 6) is -0.150. The van der Waals surface area contributed by atoms with Gasteiger partial charge in [-0.2, -0.15) is 5.10 Å². The van der Waals surface area contributed by atoms with Crippen LogP contribution < -0.4 is 5.32 Å². The van der Waals surface area contributed by atoms with Crippen molar-refractivity contribution in [2.75, 3.05) is 5.32 Å². The first kappa shape index (κ1) is 11.9. The zero-order chi connectivity index (χ0) is 12.3. The van der Waals surface area contributed by atoms with Gasteiger partial charge in [0.25, 0.3) is 5.91 Å². The van der Waals surface area contributed by atoms with Gasteiger partial charge in [-0.3, -0.25) is 9.48 Å². The third-order valence-corrected chi connectivity index (χ3v) is 2.80. The Hall–Kier alpha value is -1.62. The number of aromatic nitrogens is 2. The number of benzene rings is 1. The Bertz CT molecular complexity index is 536. The molecule has 0 unspecified atom stereocenters. The standard InChI is InChI=1S/C12H12BrN3O/c1-2-16-8-9(7-14-16)12(17)15-11-5-3-4-10(13)6-11/h3-8H,2H2,1H3,(H,15,17). The Morgan fingerprint density at radius 1 is 1.53 bits per heavy atom. The molecule has 0 aliphatic heterocycles. The monoisotopic (exact) mass is 293 g/mol. The predicted molar refractivity (Wildman–Crippen MR) is 70.0 cm³/mol. The summed E-state index contributed by atoms with van der Waals surface area (Å²) in [6.45, 7) is 2.73. The van der Waals surface area contributed by atoms with Crippen molar-refractivity contribution in [3.8, 4) is 0 Å². The molecule has 0 bridgehead atoms. The van der Waals surface area contributed by atoms with E-state index in [2.05, 4.69) is 26.3 Å². The molecule has 1 amide bonds. The van der Waals surface area contributed by atoms with E-state index in [-0.39, 0.29) is 5.91 Å². The molecule has 1 heterocycles. The second-order valence-corrected chi connectivity index (χ2v) is 4.46. The first-order valence-corrected chi connectivity index (χ1v) is 6.07. The number of halogens is 1. The lowest BCUT2D eigenvalue weighted by Crippen LogP contribution is -2.11. The minimum atomic E-state index is -0.150. The number of aryl methyl sites for hydroxylation is 1. The van der Waals surface area contributed by atoms with E-state index in [1.54, 1.807) is 17.1 Å². The number of anilines is 1. The summed E-state index contributed by atoms with van der Waals surface area (Å²) < 4.78 is 2.65. The van der Waals surface area contributed by atoms with Crippen LogP contribution in [0.2, 0.25) is 0 Å². The van der Waals surface area contributed by atoms with Gasteiger partial charge in [-0.1, -0.05) is 22.0 Å². The Morgan fingerprint density at radius 2 is 2.35 bits per heavy atom. The quantitative estimate of drug-likeness (QED) is 0.946. The fourth-order valence-corrected chi connectivity index (χ4v) is 1.82. The van der Waals surface area contributed by atoms with Crippen molar-refractivity contribution in [2.45, 2.75) is 13.5 Å². The number of nitrogens with zero attached hydrogens (tertiary/aromatic N) is 2. The molecule has 4 nitrogen and oxygen atoms in total. The molecule has 0 aliphatic carbocycles. The lowest BCUT2D eigenvalue weighted by molar-refractivity contribution is 0.102. The van der Waals surface area contributed by atoms with E-state index in [0.29, 0.717) is 5.56 Å². The molecule has 0 spiro atoms. The van der Waals surface area contributed by atoms with Gasteiger partial charge in [-0.05, 0) is 25.1 Å². The van der Waals surface area contributed by atoms with Gasteiger partial charge in [0, 0.05) is 22.9 Å². The first-order chi connectivity index (χ1) is 8.19. The maximum Gasteiger partial charge on any atom is 0.258 e. The highest BCUT2D eigenvalue weighted by molar-refractivity contribution is 9.10. The second kappa shape index (κ2) is 5.14. The maximum atomic E-state index is 11.9. The van der Waals surface area contributed by atoms with Crippen molar-refractivity contribution < 1.29 is 4.79 Å². The van der Waals surface area contributed by atoms with Gasteiger partial charge in [-0.25, -0.2) is 0 Å². The van der Waals surface area contributed by atoms with E-state index in [4.69, 9.17) is 0 Å². The van der Waals surface area contributed by atoms with E-state index in [0.717, 1.165) is 16.7 Å². The molecular formula is C12H12BrN3O. The number of nitrogens with one attached hydrogen (secondary N) is 1. The van der Waals surface area contributed by atoms with Crippen LogP contribution in [0.1, 0.15) is 17.3 Å². The zero-order valence-corrected chi connectivity index (χ0v) is 10.9. The van der Waals surface area contributed by atoms with Crippen molar-refractivity contribution in [3.63, 3.8) is 0 Å². The predicted octanol–water partition coefficient (Wildman–Crippen LogP) is 2.92. The summed E-state index contributed by atoms with van der Waals surface area (Å²) in [5.41, 5.74) is 1.32. The first-order valence-electron chi connectivity index (χ1n) is 5.28. The van der Waals surface area contributed by atoms with Gasteiger partial charge in [0.2, 0.25) is 0 Å². The summed E-state index contributed by atoms with van der Waals surface area (Å²) in [5, 5.41) is 6.88. The Morgan fingerprint density at radius 3 is 3.00 bits per heavy atom. The van der Waals surface area contributed by atoms with Gasteiger partial charge in [0.05, 0.1) is 11.8 Å². The fraction of sp³-hybridized carbons (Fsp3) is 0.167. The molecule has 0 fully saturated rings. The molecule has 2 rings (SSSR count). The summed E-state index contributed by atoms with van der Waals surface area (Å²) in [4.78, 5) is 11.9. The minimum Gasteiger partial charge on any atom is -0.322 e. The summed E-state index contributed by atoms with van der Waals surface area (Å²) >= 11 is 3.36. The van der Waals surface area contributed by atoms with Crippen LogP contribution in [0.3, 0.4) is 0 Å². The Kier molecular flexibility index (Phi) is 3.58. The van der Waals surface area contributed by atoms with Crippen LogP contribution in [0.4, 0.5) is 5.69 Å². The molecule has 1 aromatic carbocycles. The van der Waals surface area contributed by atoms with Crippen molar-refractivity contribution in [2.24, 2.45) is 0 Å². The summed E-state index contributed by atoms with van der Waals surface area (Å²) in [6, 6.07) is 7.47. The van der Waals surface area contributed by atoms with Crippen molar-refractivity contribution in [1.82, 2.24) is 9.78 Å². The fourth-order valence-electron chi connectivity index (χ4n) is 1.42. The molecule has 0 atom stereocenters. The van der Waals surface area contributed by atoms with Crippen LogP contribution in [0.5, 0.6) is 0 Å². The second-order valence-electron chi connectivity index (χ2n) is 3.55. The zero-order valence-electron chi connectivity index (χ0n) is 9.35. The molecule has 0 radical (unpaired) electrons. The number of carbonyl (C=O) groups excluding carboxylic acids is 1. The summed E-state index contributed by atoms with van der Waals surface area (Å²) in [6.07, 6.45) is 3.30. The third kappa shape index (κ3) is 2.94. The number of amides is 1. The maximum absolute atomic E-state index is 11.9. The largest absolute Gasteiger partial charge is 0.322 e. The molecule has 0 saturated heterocycles. The molecule has 0 aliphatic rings. The number of rotatable bonds is 3. The summed E-state index contributed by atoms with van der Waals surface area (Å²) in [7, 11) is 0. The van der Waals surface area contributed by atoms with Gasteiger partial charge in [-0.15, -0.1) is 0 Å². The normalized spacial score (nSPS) is 10.2. The van der Waals surface area contributed by atoms with Gasteiger partial charge >= 0.3 is 0 Å². The minimum absolute atomic E-state index is 0.150. The lowest BCUT2D eigenvalue weighted by Gasteiger charge is -2.03. The molecule has 2 aromatic rings. The highest BCUT2D eigenvalue weighted by Crippen LogP contribution is 2.16. The van der Waals surface area contributed by atoms with Crippen LogP contribution in [0.15, 0.2) is 41.1 Å². The highest BCUT2D eigenvalue weighted by atomic mass is 79.9. The number of hydrogen-bond acceptors (Lipinski definition) is 2. The van der Waals surface area contributed by atoms with E-state index in [1.165, 1.54) is 0 Å². The molecule has 1 N–H and O–H groups in total. The van der Waals surface area contributed by atoms with Crippen LogP contribution in [-0.4, -0.2) is 15.7 Å². The molecule has 88 valence electrons. The molecule has 5 heteroatoms. The highest BCUT2D eigenvalue weighted by Gasteiger charge is 2.08. The van der Waals surface area contributed by atoms with Crippen LogP contribution in [0.25, 0.3) is 0 Å². The van der Waals surface area contributed by atoms with E-state index < -0.39 is 0 Å². The molecule has 1 aromatic heterocycles.